The molecule has 0 saturated heterocycles. The Labute approximate surface area is 134 Å². The number of sulfonamides is 1. The molecule has 7 heteroatoms. The summed E-state index contributed by atoms with van der Waals surface area (Å²) in [5, 5.41) is 0. The molecule has 0 heterocycles. The monoisotopic (exact) mass is 376 g/mol. The van der Waals surface area contributed by atoms with Gasteiger partial charge in [-0.2, -0.15) is 0 Å². The van der Waals surface area contributed by atoms with Gasteiger partial charge in [-0.25, -0.2) is 13.1 Å². The number of anilines is 1. The highest BCUT2D eigenvalue weighted by molar-refractivity contribution is 9.10. The fourth-order valence-electron chi connectivity index (χ4n) is 2.74. The quantitative estimate of drug-likeness (QED) is 0.774. The Hall–Kier alpha value is -0.790. The number of benzene rings is 1. The first-order valence-electron chi connectivity index (χ1n) is 6.96. The van der Waals surface area contributed by atoms with Crippen LogP contribution in [0.5, 0.6) is 5.75 Å². The van der Waals surface area contributed by atoms with Crippen LogP contribution in [0, 0.1) is 11.8 Å². The molecule has 0 aliphatic heterocycles. The first-order valence-corrected chi connectivity index (χ1v) is 9.23. The largest absolute Gasteiger partial charge is 0.495 e. The van der Waals surface area contributed by atoms with Crippen LogP contribution in [0.25, 0.3) is 0 Å². The van der Waals surface area contributed by atoms with E-state index in [1.807, 2.05) is 0 Å². The number of nitrogens with one attached hydrogen (secondary N) is 1. The van der Waals surface area contributed by atoms with E-state index in [0.717, 1.165) is 12.8 Å². The van der Waals surface area contributed by atoms with Gasteiger partial charge in [0, 0.05) is 16.7 Å². The van der Waals surface area contributed by atoms with Crippen molar-refractivity contribution in [1.29, 1.82) is 0 Å². The molecule has 1 aliphatic rings. The molecule has 0 bridgehead atoms. The predicted octanol–water partition coefficient (Wildman–Crippen LogP) is 2.75. The van der Waals surface area contributed by atoms with Gasteiger partial charge in [0.05, 0.1) is 7.11 Å². The summed E-state index contributed by atoms with van der Waals surface area (Å²) < 4.78 is 33.3. The van der Waals surface area contributed by atoms with E-state index in [1.54, 1.807) is 6.07 Å². The molecule has 2 atom stereocenters. The molecule has 5 nitrogen and oxygen atoms in total. The van der Waals surface area contributed by atoms with E-state index in [-0.39, 0.29) is 10.6 Å². The van der Waals surface area contributed by atoms with Gasteiger partial charge in [-0.15, -0.1) is 0 Å². The molecule has 118 valence electrons. The van der Waals surface area contributed by atoms with Gasteiger partial charge in [0.15, 0.2) is 0 Å². The molecule has 2 rings (SSSR count). The van der Waals surface area contributed by atoms with Gasteiger partial charge in [0.1, 0.15) is 10.6 Å². The van der Waals surface area contributed by atoms with E-state index >= 15 is 0 Å². The van der Waals surface area contributed by atoms with Crippen molar-refractivity contribution in [2.75, 3.05) is 19.4 Å². The van der Waals surface area contributed by atoms with Gasteiger partial charge in [0.2, 0.25) is 10.0 Å². The molecule has 3 N–H and O–H groups in total. The molecule has 1 aliphatic carbocycles. The van der Waals surface area contributed by atoms with Crippen LogP contribution < -0.4 is 15.2 Å². The molecule has 21 heavy (non-hydrogen) atoms. The number of nitrogens with two attached hydrogens (primary N) is 1. The van der Waals surface area contributed by atoms with Gasteiger partial charge >= 0.3 is 0 Å². The third-order valence-corrected chi connectivity index (χ3v) is 6.07. The fourth-order valence-corrected chi connectivity index (χ4v) is 4.36. The summed E-state index contributed by atoms with van der Waals surface area (Å²) in [5.41, 5.74) is 6.15. The molecule has 0 spiro atoms. The van der Waals surface area contributed by atoms with Crippen molar-refractivity contribution in [3.63, 3.8) is 0 Å². The smallest absolute Gasteiger partial charge is 0.244 e. The summed E-state index contributed by atoms with van der Waals surface area (Å²) in [6.45, 7) is 2.67. The number of methoxy groups -OCH3 is 1. The number of ether oxygens (including phenoxy) is 1. The third kappa shape index (κ3) is 3.90. The summed E-state index contributed by atoms with van der Waals surface area (Å²) in [6, 6.07) is 2.99. The minimum atomic E-state index is -3.62. The van der Waals surface area contributed by atoms with Crippen molar-refractivity contribution in [1.82, 2.24) is 4.72 Å². The van der Waals surface area contributed by atoms with Gasteiger partial charge < -0.3 is 10.5 Å². The molecule has 1 aromatic carbocycles. The first-order chi connectivity index (χ1) is 9.83. The molecular formula is C14H21BrN2O3S. The number of halogens is 1. The second-order valence-corrected chi connectivity index (χ2v) is 8.25. The first kappa shape index (κ1) is 16.6. The minimum absolute atomic E-state index is 0.0803. The van der Waals surface area contributed by atoms with Gasteiger partial charge in [-0.05, 0) is 52.7 Å². The highest BCUT2D eigenvalue weighted by Gasteiger charge is 2.25. The zero-order chi connectivity index (χ0) is 15.6. The van der Waals surface area contributed by atoms with E-state index in [4.69, 9.17) is 10.5 Å². The van der Waals surface area contributed by atoms with Crippen LogP contribution >= 0.6 is 15.9 Å². The average Bonchev–Trinajstić information content (AvgIpc) is 2.85. The van der Waals surface area contributed by atoms with Gasteiger partial charge in [-0.3, -0.25) is 0 Å². The Morgan fingerprint density at radius 3 is 2.71 bits per heavy atom. The van der Waals surface area contributed by atoms with Crippen LogP contribution in [-0.2, 0) is 10.0 Å². The minimum Gasteiger partial charge on any atom is -0.495 e. The molecular weight excluding hydrogens is 356 g/mol. The Kier molecular flexibility index (Phi) is 5.16. The second-order valence-electron chi connectivity index (χ2n) is 5.66. The van der Waals surface area contributed by atoms with Crippen molar-refractivity contribution in [3.8, 4) is 5.75 Å². The number of rotatable bonds is 5. The third-order valence-electron chi connectivity index (χ3n) is 3.94. The highest BCUT2D eigenvalue weighted by Crippen LogP contribution is 2.33. The second kappa shape index (κ2) is 6.54. The maximum atomic E-state index is 12.5. The maximum Gasteiger partial charge on any atom is 0.244 e. The highest BCUT2D eigenvalue weighted by atomic mass is 79.9. The summed E-state index contributed by atoms with van der Waals surface area (Å²) in [7, 11) is -2.18. The Balaban J connectivity index is 2.17. The van der Waals surface area contributed by atoms with E-state index in [2.05, 4.69) is 27.6 Å². The Bertz CT molecular complexity index is 619. The average molecular weight is 377 g/mol. The van der Waals surface area contributed by atoms with E-state index in [1.165, 1.54) is 19.6 Å². The summed E-state index contributed by atoms with van der Waals surface area (Å²) in [4.78, 5) is 0.0803. The molecule has 1 saturated carbocycles. The summed E-state index contributed by atoms with van der Waals surface area (Å²) in [5.74, 6) is 1.37. The van der Waals surface area contributed by atoms with Crippen LogP contribution in [0.4, 0.5) is 5.69 Å². The van der Waals surface area contributed by atoms with Crippen LogP contribution in [0.3, 0.4) is 0 Å². The van der Waals surface area contributed by atoms with Crippen LogP contribution in [0.15, 0.2) is 21.5 Å². The summed E-state index contributed by atoms with van der Waals surface area (Å²) >= 11 is 3.27. The maximum absolute atomic E-state index is 12.5. The van der Waals surface area contributed by atoms with Gasteiger partial charge in [0.25, 0.3) is 0 Å². The fraction of sp³-hybridized carbons (Fsp3) is 0.571. The SMILES string of the molecule is COc1cc(Br)c(N)cc1S(=O)(=O)NCC1CCC(C)C1. The van der Waals surface area contributed by atoms with Crippen molar-refractivity contribution < 1.29 is 13.2 Å². The Morgan fingerprint density at radius 2 is 2.14 bits per heavy atom. The lowest BCUT2D eigenvalue weighted by Crippen LogP contribution is -2.29. The lowest BCUT2D eigenvalue weighted by molar-refractivity contribution is 0.401. The topological polar surface area (TPSA) is 81.4 Å². The Morgan fingerprint density at radius 1 is 1.43 bits per heavy atom. The zero-order valence-corrected chi connectivity index (χ0v) is 14.6. The molecule has 2 unspecified atom stereocenters. The number of hydrogen-bond acceptors (Lipinski definition) is 4. The standard InChI is InChI=1S/C14H21BrN2O3S/c1-9-3-4-10(5-9)8-17-21(18,19)14-7-12(16)11(15)6-13(14)20-2/h6-7,9-10,17H,3-5,8,16H2,1-2H3. The number of nitrogen functional groups attached to an aromatic ring is 1. The lowest BCUT2D eigenvalue weighted by atomic mass is 10.1. The van der Waals surface area contributed by atoms with Crippen LogP contribution in [0.2, 0.25) is 0 Å². The van der Waals surface area contributed by atoms with E-state index in [0.29, 0.717) is 28.5 Å². The normalized spacial score (nSPS) is 22.4. The van der Waals surface area contributed by atoms with Crippen molar-refractivity contribution in [2.45, 2.75) is 31.1 Å². The van der Waals surface area contributed by atoms with E-state index in [9.17, 15) is 8.42 Å². The van der Waals surface area contributed by atoms with Crippen LogP contribution in [-0.4, -0.2) is 22.1 Å². The van der Waals surface area contributed by atoms with Crippen molar-refractivity contribution >= 4 is 31.6 Å². The molecule has 0 radical (unpaired) electrons. The molecule has 0 amide bonds. The van der Waals surface area contributed by atoms with Crippen molar-refractivity contribution in [3.05, 3.63) is 16.6 Å². The zero-order valence-electron chi connectivity index (χ0n) is 12.2. The molecule has 1 aromatic rings. The lowest BCUT2D eigenvalue weighted by Gasteiger charge is -2.15. The molecule has 1 fully saturated rings. The van der Waals surface area contributed by atoms with Crippen LogP contribution in [0.1, 0.15) is 26.2 Å². The van der Waals surface area contributed by atoms with E-state index < -0.39 is 10.0 Å². The predicted molar refractivity (Wildman–Crippen MR) is 86.8 cm³/mol. The molecule has 0 aromatic heterocycles. The van der Waals surface area contributed by atoms with Gasteiger partial charge in [-0.1, -0.05) is 13.3 Å². The summed E-state index contributed by atoms with van der Waals surface area (Å²) in [6.07, 6.45) is 3.31. The number of hydrogen-bond donors (Lipinski definition) is 2. The van der Waals surface area contributed by atoms with Crippen molar-refractivity contribution in [2.24, 2.45) is 11.8 Å².